The molecule has 0 heterocycles. The fraction of sp³-hybridized carbons (Fsp3) is 0.900. The standard InChI is InChI=1S/C10H17NO2/c1-2-13-10(12)8-6-4-3-5-7(6)9(8)11/h6-9H,2-5,11H2,1H3/t6-,7+,8-,9-/m0/s1. The van der Waals surface area contributed by atoms with Crippen LogP contribution < -0.4 is 5.73 Å². The number of fused-ring (bicyclic) bond motifs is 1. The third-order valence-electron chi connectivity index (χ3n) is 3.55. The Labute approximate surface area is 78.6 Å². The minimum Gasteiger partial charge on any atom is -0.466 e. The Morgan fingerprint density at radius 1 is 1.46 bits per heavy atom. The van der Waals surface area contributed by atoms with Crippen molar-refractivity contribution < 1.29 is 9.53 Å². The first kappa shape index (κ1) is 9.00. The van der Waals surface area contributed by atoms with Gasteiger partial charge in [-0.1, -0.05) is 6.42 Å². The number of esters is 1. The van der Waals surface area contributed by atoms with E-state index in [1.54, 1.807) is 0 Å². The molecule has 2 saturated carbocycles. The summed E-state index contributed by atoms with van der Waals surface area (Å²) >= 11 is 0. The van der Waals surface area contributed by atoms with Gasteiger partial charge in [-0.3, -0.25) is 4.79 Å². The molecule has 0 aromatic carbocycles. The van der Waals surface area contributed by atoms with Gasteiger partial charge in [-0.2, -0.15) is 0 Å². The third-order valence-corrected chi connectivity index (χ3v) is 3.55. The summed E-state index contributed by atoms with van der Waals surface area (Å²) < 4.78 is 5.01. The van der Waals surface area contributed by atoms with Gasteiger partial charge in [0.1, 0.15) is 0 Å². The second kappa shape index (κ2) is 3.29. The van der Waals surface area contributed by atoms with Crippen LogP contribution in [0.15, 0.2) is 0 Å². The molecule has 0 amide bonds. The number of rotatable bonds is 2. The molecule has 4 atom stereocenters. The van der Waals surface area contributed by atoms with Crippen LogP contribution in [0.2, 0.25) is 0 Å². The summed E-state index contributed by atoms with van der Waals surface area (Å²) in [4.78, 5) is 11.5. The first-order valence-corrected chi connectivity index (χ1v) is 5.18. The minimum atomic E-state index is -0.0712. The van der Waals surface area contributed by atoms with Crippen molar-refractivity contribution in [3.05, 3.63) is 0 Å². The summed E-state index contributed by atoms with van der Waals surface area (Å²) in [6, 6.07) is 0.0755. The normalized spacial score (nSPS) is 42.3. The second-order valence-electron chi connectivity index (χ2n) is 4.11. The van der Waals surface area contributed by atoms with Gasteiger partial charge < -0.3 is 10.5 Å². The molecule has 13 heavy (non-hydrogen) atoms. The summed E-state index contributed by atoms with van der Waals surface area (Å²) in [6.07, 6.45) is 3.61. The predicted octanol–water partition coefficient (Wildman–Crippen LogP) is 0.923. The Bertz CT molecular complexity index is 217. The van der Waals surface area contributed by atoms with Crippen LogP contribution in [0, 0.1) is 17.8 Å². The molecule has 0 unspecified atom stereocenters. The fourth-order valence-corrected chi connectivity index (χ4v) is 2.92. The molecule has 0 aliphatic heterocycles. The molecular formula is C10H17NO2. The molecule has 2 rings (SSSR count). The quantitative estimate of drug-likeness (QED) is 0.648. The average Bonchev–Trinajstić information content (AvgIpc) is 2.48. The molecule has 3 nitrogen and oxygen atoms in total. The van der Waals surface area contributed by atoms with Gasteiger partial charge in [0, 0.05) is 6.04 Å². The summed E-state index contributed by atoms with van der Waals surface area (Å²) in [7, 11) is 0. The minimum absolute atomic E-state index is 0.00690. The molecule has 0 aromatic heterocycles. The van der Waals surface area contributed by atoms with Crippen molar-refractivity contribution in [3.8, 4) is 0 Å². The number of ether oxygens (including phenoxy) is 1. The maximum atomic E-state index is 11.5. The van der Waals surface area contributed by atoms with Crippen molar-refractivity contribution in [2.75, 3.05) is 6.61 Å². The largest absolute Gasteiger partial charge is 0.466 e. The Hall–Kier alpha value is -0.570. The van der Waals surface area contributed by atoms with Crippen molar-refractivity contribution in [2.24, 2.45) is 23.5 Å². The zero-order chi connectivity index (χ0) is 9.42. The summed E-state index contributed by atoms with van der Waals surface area (Å²) in [5.74, 6) is 1.08. The van der Waals surface area contributed by atoms with Crippen molar-refractivity contribution in [2.45, 2.75) is 32.2 Å². The lowest BCUT2D eigenvalue weighted by atomic mass is 9.63. The van der Waals surface area contributed by atoms with Crippen LogP contribution in [0.25, 0.3) is 0 Å². The van der Waals surface area contributed by atoms with Crippen molar-refractivity contribution in [1.82, 2.24) is 0 Å². The fourth-order valence-electron chi connectivity index (χ4n) is 2.92. The molecule has 0 saturated heterocycles. The lowest BCUT2D eigenvalue weighted by Gasteiger charge is -2.45. The van der Waals surface area contributed by atoms with E-state index >= 15 is 0 Å². The van der Waals surface area contributed by atoms with Gasteiger partial charge in [0.15, 0.2) is 0 Å². The monoisotopic (exact) mass is 183 g/mol. The van der Waals surface area contributed by atoms with E-state index in [2.05, 4.69) is 0 Å². The van der Waals surface area contributed by atoms with Crippen LogP contribution in [0.4, 0.5) is 0 Å². The molecule has 0 radical (unpaired) electrons. The summed E-state index contributed by atoms with van der Waals surface area (Å²) in [5, 5.41) is 0. The highest BCUT2D eigenvalue weighted by Gasteiger charge is 2.54. The molecule has 74 valence electrons. The molecule has 3 heteroatoms. The van der Waals surface area contributed by atoms with Gasteiger partial charge in [-0.05, 0) is 31.6 Å². The highest BCUT2D eigenvalue weighted by molar-refractivity contribution is 5.75. The average molecular weight is 183 g/mol. The Morgan fingerprint density at radius 2 is 2.15 bits per heavy atom. The van der Waals surface area contributed by atoms with E-state index in [1.165, 1.54) is 19.3 Å². The molecule has 0 bridgehead atoms. The van der Waals surface area contributed by atoms with Crippen LogP contribution in [-0.2, 0) is 9.53 Å². The van der Waals surface area contributed by atoms with E-state index in [1.807, 2.05) is 6.92 Å². The van der Waals surface area contributed by atoms with Gasteiger partial charge in [-0.15, -0.1) is 0 Å². The summed E-state index contributed by atoms with van der Waals surface area (Å²) in [5.41, 5.74) is 5.94. The van der Waals surface area contributed by atoms with Gasteiger partial charge in [0.25, 0.3) is 0 Å². The maximum Gasteiger partial charge on any atom is 0.310 e. The van der Waals surface area contributed by atoms with Gasteiger partial charge in [0.05, 0.1) is 12.5 Å². The lowest BCUT2D eigenvalue weighted by Crippen LogP contribution is -2.57. The number of hydrogen-bond acceptors (Lipinski definition) is 3. The van der Waals surface area contributed by atoms with Crippen molar-refractivity contribution in [3.63, 3.8) is 0 Å². The van der Waals surface area contributed by atoms with E-state index in [-0.39, 0.29) is 17.9 Å². The van der Waals surface area contributed by atoms with Crippen LogP contribution >= 0.6 is 0 Å². The van der Waals surface area contributed by atoms with Crippen LogP contribution in [0.3, 0.4) is 0 Å². The molecular weight excluding hydrogens is 166 g/mol. The van der Waals surface area contributed by atoms with Gasteiger partial charge in [-0.25, -0.2) is 0 Å². The molecule has 2 aliphatic rings. The predicted molar refractivity (Wildman–Crippen MR) is 48.9 cm³/mol. The zero-order valence-electron chi connectivity index (χ0n) is 8.03. The van der Waals surface area contributed by atoms with Gasteiger partial charge in [0.2, 0.25) is 0 Å². The SMILES string of the molecule is CCOC(=O)[C@@H]1[C@@H](N)[C@@H]2CCC[C@@H]21. The van der Waals surface area contributed by atoms with E-state index in [4.69, 9.17) is 10.5 Å². The number of carbonyl (C=O) groups is 1. The lowest BCUT2D eigenvalue weighted by molar-refractivity contribution is -0.158. The van der Waals surface area contributed by atoms with Crippen LogP contribution in [-0.4, -0.2) is 18.6 Å². The van der Waals surface area contributed by atoms with E-state index in [0.29, 0.717) is 18.4 Å². The topological polar surface area (TPSA) is 52.3 Å². The van der Waals surface area contributed by atoms with E-state index < -0.39 is 0 Å². The number of hydrogen-bond donors (Lipinski definition) is 1. The Kier molecular flexibility index (Phi) is 2.28. The van der Waals surface area contributed by atoms with Crippen LogP contribution in [0.5, 0.6) is 0 Å². The van der Waals surface area contributed by atoms with Gasteiger partial charge >= 0.3 is 5.97 Å². The first-order valence-electron chi connectivity index (χ1n) is 5.18. The molecule has 0 aromatic rings. The highest BCUT2D eigenvalue weighted by Crippen LogP contribution is 2.50. The summed E-state index contributed by atoms with van der Waals surface area (Å²) in [6.45, 7) is 2.31. The first-order chi connectivity index (χ1) is 6.25. The van der Waals surface area contributed by atoms with Crippen molar-refractivity contribution in [1.29, 1.82) is 0 Å². The van der Waals surface area contributed by atoms with Crippen LogP contribution in [0.1, 0.15) is 26.2 Å². The van der Waals surface area contributed by atoms with Crippen molar-refractivity contribution >= 4 is 5.97 Å². The zero-order valence-corrected chi connectivity index (χ0v) is 8.03. The number of nitrogens with two attached hydrogens (primary N) is 1. The van der Waals surface area contributed by atoms with E-state index in [0.717, 1.165) is 0 Å². The smallest absolute Gasteiger partial charge is 0.310 e. The Morgan fingerprint density at radius 3 is 2.85 bits per heavy atom. The van der Waals surface area contributed by atoms with E-state index in [9.17, 15) is 4.79 Å². The Balaban J connectivity index is 1.97. The molecule has 2 aliphatic carbocycles. The third kappa shape index (κ3) is 1.26. The second-order valence-corrected chi connectivity index (χ2v) is 4.11. The highest BCUT2D eigenvalue weighted by atomic mass is 16.5. The number of carbonyl (C=O) groups excluding carboxylic acids is 1. The molecule has 0 spiro atoms. The molecule has 2 fully saturated rings. The maximum absolute atomic E-state index is 11.5. The molecule has 2 N–H and O–H groups in total.